The predicted molar refractivity (Wildman–Crippen MR) is 105 cm³/mol. The highest BCUT2D eigenvalue weighted by molar-refractivity contribution is 5.90. The Morgan fingerprint density at radius 1 is 1.23 bits per heavy atom. The number of para-hydroxylation sites is 1. The van der Waals surface area contributed by atoms with Crippen LogP contribution in [0.4, 0.5) is 0 Å². The van der Waals surface area contributed by atoms with Gasteiger partial charge in [0.15, 0.2) is 0 Å². The average molecular weight is 358 g/mol. The van der Waals surface area contributed by atoms with Gasteiger partial charge in [-0.05, 0) is 44.9 Å². The number of rotatable bonds is 8. The summed E-state index contributed by atoms with van der Waals surface area (Å²) in [5.74, 6) is 1.06. The first-order chi connectivity index (χ1) is 12.3. The van der Waals surface area contributed by atoms with Gasteiger partial charge in [-0.15, -0.1) is 5.10 Å². The van der Waals surface area contributed by atoms with Crippen LogP contribution in [0.15, 0.2) is 24.3 Å². The maximum atomic E-state index is 12.4. The quantitative estimate of drug-likeness (QED) is 0.788. The van der Waals surface area contributed by atoms with Crippen LogP contribution in [0.1, 0.15) is 62.5 Å². The Balaban J connectivity index is 2.12. The second kappa shape index (κ2) is 8.94. The second-order valence-electron chi connectivity index (χ2n) is 7.09. The number of aromatic nitrogens is 3. The van der Waals surface area contributed by atoms with E-state index in [0.717, 1.165) is 18.8 Å². The predicted octanol–water partition coefficient (Wildman–Crippen LogP) is 3.16. The molecule has 1 aromatic carbocycles. The molecule has 2 rings (SSSR count). The lowest BCUT2D eigenvalue weighted by atomic mass is 10.0. The zero-order valence-electron chi connectivity index (χ0n) is 16.8. The molecule has 0 spiro atoms. The highest BCUT2D eigenvalue weighted by Crippen LogP contribution is 2.23. The Bertz CT molecular complexity index is 736. The van der Waals surface area contributed by atoms with E-state index in [1.54, 1.807) is 4.68 Å². The summed E-state index contributed by atoms with van der Waals surface area (Å²) in [5, 5.41) is 7.39. The van der Waals surface area contributed by atoms with Gasteiger partial charge in [-0.2, -0.15) is 0 Å². The molecular formula is C20H31N5O. The molecule has 0 saturated heterocycles. The van der Waals surface area contributed by atoms with Crippen molar-refractivity contribution in [3.63, 3.8) is 0 Å². The molecule has 1 amide bonds. The normalized spacial score (nSPS) is 11.6. The molecule has 0 unspecified atom stereocenters. The number of amides is 1. The third-order valence-electron chi connectivity index (χ3n) is 4.58. The van der Waals surface area contributed by atoms with Gasteiger partial charge < -0.3 is 5.32 Å². The molecule has 1 N–H and O–H groups in total. The fourth-order valence-electron chi connectivity index (χ4n) is 3.06. The summed E-state index contributed by atoms with van der Waals surface area (Å²) in [5.41, 5.74) is 2.16. The largest absolute Gasteiger partial charge is 0.348 e. The Kier molecular flexibility index (Phi) is 6.91. The standard InChI is InChI=1S/C20H31N5O/c1-7-24(15(4)5)13-12-21-20(26)19-22-16(6)25(23-19)18-11-9-8-10-17(18)14(2)3/h8-11,14-15H,7,12-13H2,1-6H3,(H,21,26). The van der Waals surface area contributed by atoms with Crippen LogP contribution in [-0.2, 0) is 0 Å². The molecule has 0 bridgehead atoms. The van der Waals surface area contributed by atoms with Crippen molar-refractivity contribution in [2.45, 2.75) is 53.5 Å². The van der Waals surface area contributed by atoms with Crippen LogP contribution in [0.25, 0.3) is 5.69 Å². The first-order valence-electron chi connectivity index (χ1n) is 9.40. The highest BCUT2D eigenvalue weighted by atomic mass is 16.2. The number of hydrogen-bond donors (Lipinski definition) is 1. The van der Waals surface area contributed by atoms with Crippen molar-refractivity contribution < 1.29 is 4.79 Å². The van der Waals surface area contributed by atoms with E-state index >= 15 is 0 Å². The van der Waals surface area contributed by atoms with Gasteiger partial charge in [-0.3, -0.25) is 9.69 Å². The number of hydrogen-bond acceptors (Lipinski definition) is 4. The topological polar surface area (TPSA) is 63.1 Å². The molecule has 1 heterocycles. The fourth-order valence-corrected chi connectivity index (χ4v) is 3.06. The number of nitrogens with one attached hydrogen (secondary N) is 1. The van der Waals surface area contributed by atoms with Crippen LogP contribution in [-0.4, -0.2) is 51.2 Å². The lowest BCUT2D eigenvalue weighted by Crippen LogP contribution is -2.38. The van der Waals surface area contributed by atoms with E-state index in [9.17, 15) is 4.79 Å². The van der Waals surface area contributed by atoms with Crippen molar-refractivity contribution in [1.29, 1.82) is 0 Å². The second-order valence-corrected chi connectivity index (χ2v) is 7.09. The molecule has 0 fully saturated rings. The zero-order valence-corrected chi connectivity index (χ0v) is 16.8. The van der Waals surface area contributed by atoms with Crippen molar-refractivity contribution in [2.24, 2.45) is 0 Å². The van der Waals surface area contributed by atoms with Crippen LogP contribution in [0.5, 0.6) is 0 Å². The van der Waals surface area contributed by atoms with Crippen molar-refractivity contribution in [1.82, 2.24) is 25.0 Å². The van der Waals surface area contributed by atoms with E-state index in [1.807, 2.05) is 25.1 Å². The Labute approximate surface area is 156 Å². The Morgan fingerprint density at radius 2 is 1.92 bits per heavy atom. The molecule has 1 aromatic heterocycles. The van der Waals surface area contributed by atoms with Gasteiger partial charge in [0.2, 0.25) is 5.82 Å². The molecule has 0 atom stereocenters. The van der Waals surface area contributed by atoms with E-state index in [0.29, 0.717) is 24.3 Å². The van der Waals surface area contributed by atoms with Crippen molar-refractivity contribution in [2.75, 3.05) is 19.6 Å². The maximum Gasteiger partial charge on any atom is 0.291 e. The molecule has 0 aliphatic carbocycles. The van der Waals surface area contributed by atoms with Crippen molar-refractivity contribution >= 4 is 5.91 Å². The average Bonchev–Trinajstić information content (AvgIpc) is 3.00. The monoisotopic (exact) mass is 357 g/mol. The van der Waals surface area contributed by atoms with Crippen LogP contribution in [0.2, 0.25) is 0 Å². The molecule has 142 valence electrons. The lowest BCUT2D eigenvalue weighted by molar-refractivity contribution is 0.0935. The van der Waals surface area contributed by atoms with Crippen LogP contribution in [0, 0.1) is 6.92 Å². The molecule has 0 aliphatic rings. The molecule has 6 nitrogen and oxygen atoms in total. The summed E-state index contributed by atoms with van der Waals surface area (Å²) in [6.07, 6.45) is 0. The Hall–Kier alpha value is -2.21. The summed E-state index contributed by atoms with van der Waals surface area (Å²) in [7, 11) is 0. The summed E-state index contributed by atoms with van der Waals surface area (Å²) >= 11 is 0. The van der Waals surface area contributed by atoms with Crippen LogP contribution in [0.3, 0.4) is 0 Å². The smallest absolute Gasteiger partial charge is 0.291 e. The van der Waals surface area contributed by atoms with Gasteiger partial charge in [0.1, 0.15) is 5.82 Å². The minimum absolute atomic E-state index is 0.216. The number of nitrogens with zero attached hydrogens (tertiary/aromatic N) is 4. The first-order valence-corrected chi connectivity index (χ1v) is 9.40. The molecule has 0 saturated carbocycles. The Morgan fingerprint density at radius 3 is 2.54 bits per heavy atom. The van der Waals surface area contributed by atoms with Gasteiger partial charge in [0.25, 0.3) is 5.91 Å². The van der Waals surface area contributed by atoms with Gasteiger partial charge in [-0.1, -0.05) is 39.0 Å². The minimum atomic E-state index is -0.228. The van der Waals surface area contributed by atoms with Crippen molar-refractivity contribution in [3.8, 4) is 5.69 Å². The number of benzene rings is 1. The third kappa shape index (κ3) is 4.69. The lowest BCUT2D eigenvalue weighted by Gasteiger charge is -2.24. The van der Waals surface area contributed by atoms with Crippen LogP contribution >= 0.6 is 0 Å². The SMILES string of the molecule is CCN(CCNC(=O)c1nc(C)n(-c2ccccc2C(C)C)n1)C(C)C. The van der Waals surface area contributed by atoms with Crippen LogP contribution < -0.4 is 5.32 Å². The molecule has 0 aliphatic heterocycles. The van der Waals surface area contributed by atoms with Gasteiger partial charge in [-0.25, -0.2) is 9.67 Å². The highest BCUT2D eigenvalue weighted by Gasteiger charge is 2.17. The zero-order chi connectivity index (χ0) is 19.3. The number of carbonyl (C=O) groups excluding carboxylic acids is 1. The van der Waals surface area contributed by atoms with E-state index in [4.69, 9.17) is 0 Å². The molecule has 26 heavy (non-hydrogen) atoms. The minimum Gasteiger partial charge on any atom is -0.348 e. The molecule has 6 heteroatoms. The van der Waals surface area contributed by atoms with E-state index < -0.39 is 0 Å². The summed E-state index contributed by atoms with van der Waals surface area (Å²) in [6, 6.07) is 8.57. The molecular weight excluding hydrogens is 326 g/mol. The van der Waals surface area contributed by atoms with E-state index in [-0.39, 0.29) is 11.7 Å². The van der Waals surface area contributed by atoms with Gasteiger partial charge >= 0.3 is 0 Å². The third-order valence-corrected chi connectivity index (χ3v) is 4.58. The van der Waals surface area contributed by atoms with E-state index in [1.165, 1.54) is 5.56 Å². The summed E-state index contributed by atoms with van der Waals surface area (Å²) < 4.78 is 1.76. The first kappa shape index (κ1) is 20.1. The number of aryl methyl sites for hydroxylation is 1. The van der Waals surface area contributed by atoms with E-state index in [2.05, 4.69) is 61.0 Å². The molecule has 0 radical (unpaired) electrons. The van der Waals surface area contributed by atoms with Gasteiger partial charge in [0.05, 0.1) is 5.69 Å². The van der Waals surface area contributed by atoms with Gasteiger partial charge in [0, 0.05) is 19.1 Å². The summed E-state index contributed by atoms with van der Waals surface area (Å²) in [6.45, 7) is 15.0. The maximum absolute atomic E-state index is 12.4. The number of carbonyl (C=O) groups is 1. The fraction of sp³-hybridized carbons (Fsp3) is 0.550. The molecule has 2 aromatic rings. The summed E-state index contributed by atoms with van der Waals surface area (Å²) in [4.78, 5) is 19.1. The number of likely N-dealkylation sites (N-methyl/N-ethyl adjacent to an activating group) is 1. The van der Waals surface area contributed by atoms with Crippen molar-refractivity contribution in [3.05, 3.63) is 41.5 Å².